The normalized spacial score (nSPS) is 11.7. The Balaban J connectivity index is 0.000000496. The zero-order chi connectivity index (χ0) is 18.8. The molecule has 0 spiro atoms. The number of carboxylic acid groups (broad SMARTS) is 2. The van der Waals surface area contributed by atoms with Gasteiger partial charge in [0.15, 0.2) is 0 Å². The van der Waals surface area contributed by atoms with Gasteiger partial charge in [-0.05, 0) is 12.1 Å². The van der Waals surface area contributed by atoms with Crippen LogP contribution in [-0.4, -0.2) is 62.5 Å². The molecule has 9 heteroatoms. The van der Waals surface area contributed by atoms with Gasteiger partial charge in [0.25, 0.3) is 0 Å². The summed E-state index contributed by atoms with van der Waals surface area (Å²) >= 11 is 0. The Labute approximate surface area is 139 Å². The number of amides is 1. The molecule has 1 aromatic heterocycles. The van der Waals surface area contributed by atoms with Gasteiger partial charge in [-0.2, -0.15) is 0 Å². The van der Waals surface area contributed by atoms with Gasteiger partial charge in [0.1, 0.15) is 6.10 Å². The van der Waals surface area contributed by atoms with E-state index in [-0.39, 0.29) is 25.1 Å². The van der Waals surface area contributed by atoms with Crippen LogP contribution in [-0.2, 0) is 9.59 Å². The molecule has 1 atom stereocenters. The monoisotopic (exact) mass is 342 g/mol. The van der Waals surface area contributed by atoms with Gasteiger partial charge in [0.05, 0.1) is 18.6 Å². The average molecular weight is 342 g/mol. The van der Waals surface area contributed by atoms with Gasteiger partial charge in [-0.15, -0.1) is 0 Å². The number of nitrogens with zero attached hydrogens (tertiary/aromatic N) is 1. The lowest BCUT2D eigenvalue weighted by molar-refractivity contribution is -0.138. The lowest BCUT2D eigenvalue weighted by Gasteiger charge is -2.26. The molecule has 0 saturated heterocycles. The number of aliphatic hydroxyl groups excluding tert-OH is 2. The third kappa shape index (κ3) is 8.20. The molecule has 1 aromatic rings. The van der Waals surface area contributed by atoms with Crippen molar-refractivity contribution in [2.45, 2.75) is 26.4 Å². The first-order chi connectivity index (χ1) is 11.1. The Bertz CT molecular complexity index is 546. The minimum absolute atomic E-state index is 0.0350. The van der Waals surface area contributed by atoms with Crippen molar-refractivity contribution in [3.05, 3.63) is 30.1 Å². The molecule has 134 valence electrons. The maximum Gasteiger partial charge on any atom is 0.337 e. The smallest absolute Gasteiger partial charge is 0.337 e. The third-order valence-electron chi connectivity index (χ3n) is 2.94. The zero-order valence-corrected chi connectivity index (χ0v) is 13.5. The summed E-state index contributed by atoms with van der Waals surface area (Å²) in [6.45, 7) is 2.70. The molecule has 0 aliphatic carbocycles. The van der Waals surface area contributed by atoms with Crippen LogP contribution in [0.2, 0.25) is 0 Å². The first kappa shape index (κ1) is 21.5. The van der Waals surface area contributed by atoms with E-state index in [0.29, 0.717) is 0 Å². The highest BCUT2D eigenvalue weighted by Crippen LogP contribution is 2.19. The number of rotatable bonds is 7. The van der Waals surface area contributed by atoms with Gasteiger partial charge in [-0.25, -0.2) is 4.79 Å². The molecule has 0 radical (unpaired) electrons. The van der Waals surface area contributed by atoms with Crippen molar-refractivity contribution in [2.24, 2.45) is 5.41 Å². The van der Waals surface area contributed by atoms with Crippen molar-refractivity contribution >= 4 is 17.8 Å². The lowest BCUT2D eigenvalue weighted by Crippen LogP contribution is -2.45. The minimum Gasteiger partial charge on any atom is -0.481 e. The fourth-order valence-corrected chi connectivity index (χ4v) is 1.32. The zero-order valence-electron chi connectivity index (χ0n) is 13.5. The van der Waals surface area contributed by atoms with Crippen LogP contribution in [0.4, 0.5) is 0 Å². The van der Waals surface area contributed by atoms with E-state index in [9.17, 15) is 19.5 Å². The van der Waals surface area contributed by atoms with Crippen molar-refractivity contribution in [2.75, 3.05) is 13.2 Å². The average Bonchev–Trinajstić information content (AvgIpc) is 2.55. The predicted octanol–water partition coefficient (Wildman–Crippen LogP) is -0.263. The number of carbonyl (C=O) groups excluding carboxylic acids is 1. The number of carboxylic acids is 2. The van der Waals surface area contributed by atoms with Crippen LogP contribution in [0.15, 0.2) is 24.5 Å². The molecule has 0 aromatic carbocycles. The largest absolute Gasteiger partial charge is 0.481 e. The molecule has 0 bridgehead atoms. The van der Waals surface area contributed by atoms with Gasteiger partial charge < -0.3 is 25.7 Å². The Morgan fingerprint density at radius 1 is 1.29 bits per heavy atom. The Kier molecular flexibility index (Phi) is 9.21. The van der Waals surface area contributed by atoms with E-state index < -0.39 is 29.4 Å². The summed E-state index contributed by atoms with van der Waals surface area (Å²) in [4.78, 5) is 35.2. The van der Waals surface area contributed by atoms with Crippen molar-refractivity contribution in [1.82, 2.24) is 10.3 Å². The second-order valence-electron chi connectivity index (χ2n) is 5.53. The Morgan fingerprint density at radius 3 is 2.29 bits per heavy atom. The number of aromatic nitrogens is 1. The summed E-state index contributed by atoms with van der Waals surface area (Å²) in [7, 11) is 0. The van der Waals surface area contributed by atoms with Gasteiger partial charge in [-0.3, -0.25) is 14.6 Å². The number of carbonyl (C=O) groups is 3. The molecule has 1 heterocycles. The van der Waals surface area contributed by atoms with Gasteiger partial charge >= 0.3 is 11.9 Å². The van der Waals surface area contributed by atoms with Crippen molar-refractivity contribution in [1.29, 1.82) is 0 Å². The van der Waals surface area contributed by atoms with Crippen LogP contribution < -0.4 is 5.32 Å². The predicted molar refractivity (Wildman–Crippen MR) is 83.3 cm³/mol. The number of nitrogens with one attached hydrogen (secondary N) is 1. The van der Waals surface area contributed by atoms with Crippen LogP contribution in [0.1, 0.15) is 30.6 Å². The lowest BCUT2D eigenvalue weighted by atomic mass is 9.87. The number of hydrogen-bond acceptors (Lipinski definition) is 6. The van der Waals surface area contributed by atoms with Crippen LogP contribution in [0.25, 0.3) is 0 Å². The maximum atomic E-state index is 11.3. The Morgan fingerprint density at radius 2 is 1.92 bits per heavy atom. The van der Waals surface area contributed by atoms with Gasteiger partial charge in [0.2, 0.25) is 5.91 Å². The molecule has 1 rings (SSSR count). The molecule has 0 unspecified atom stereocenters. The van der Waals surface area contributed by atoms with Crippen LogP contribution in [0, 0.1) is 5.41 Å². The van der Waals surface area contributed by atoms with E-state index in [4.69, 9.17) is 15.3 Å². The van der Waals surface area contributed by atoms with Crippen LogP contribution >= 0.6 is 0 Å². The number of hydrogen-bond donors (Lipinski definition) is 5. The molecule has 0 saturated carbocycles. The number of aliphatic hydroxyl groups is 2. The van der Waals surface area contributed by atoms with E-state index in [0.717, 1.165) is 0 Å². The molecular formula is C15H22N2O7. The molecule has 1 amide bonds. The number of pyridine rings is 1. The Hall–Kier alpha value is -2.52. The van der Waals surface area contributed by atoms with E-state index in [1.165, 1.54) is 32.3 Å². The van der Waals surface area contributed by atoms with E-state index in [1.54, 1.807) is 6.07 Å². The first-order valence-corrected chi connectivity index (χ1v) is 7.03. The fourth-order valence-electron chi connectivity index (χ4n) is 1.32. The summed E-state index contributed by atoms with van der Waals surface area (Å²) in [6.07, 6.45) is 1.29. The molecule has 0 fully saturated rings. The highest BCUT2D eigenvalue weighted by atomic mass is 16.4. The molecular weight excluding hydrogens is 320 g/mol. The number of aliphatic carboxylic acids is 1. The second-order valence-corrected chi connectivity index (χ2v) is 5.53. The van der Waals surface area contributed by atoms with Crippen molar-refractivity contribution in [3.8, 4) is 0 Å². The topological polar surface area (TPSA) is 157 Å². The molecule has 0 aliphatic heterocycles. The summed E-state index contributed by atoms with van der Waals surface area (Å²) in [5, 5.41) is 37.3. The van der Waals surface area contributed by atoms with Crippen molar-refractivity contribution < 1.29 is 34.8 Å². The third-order valence-corrected chi connectivity index (χ3v) is 2.94. The van der Waals surface area contributed by atoms with Crippen LogP contribution in [0.3, 0.4) is 0 Å². The fraction of sp³-hybridized carbons (Fsp3) is 0.467. The SMILES string of the molecule is CC(C)(CO)[C@@H](O)C(=O)NCCC(=O)O.O=C(O)c1cccnc1. The molecule has 0 aliphatic rings. The highest BCUT2D eigenvalue weighted by molar-refractivity contribution is 5.86. The van der Waals surface area contributed by atoms with E-state index >= 15 is 0 Å². The standard InChI is InChI=1S/C9H17NO5.C6H5NO2/c1-9(2,5-11)7(14)8(15)10-4-3-6(12)13;8-6(9)5-2-1-3-7-4-5/h7,11,14H,3-5H2,1-2H3,(H,10,15)(H,12,13);1-4H,(H,8,9)/t7-;/m0./s1. The van der Waals surface area contributed by atoms with Crippen LogP contribution in [0.5, 0.6) is 0 Å². The number of aromatic carboxylic acids is 1. The molecule has 5 N–H and O–H groups in total. The molecule has 24 heavy (non-hydrogen) atoms. The molecule has 9 nitrogen and oxygen atoms in total. The summed E-state index contributed by atoms with van der Waals surface area (Å²) in [6, 6.07) is 3.08. The van der Waals surface area contributed by atoms with Crippen molar-refractivity contribution in [3.63, 3.8) is 0 Å². The summed E-state index contributed by atoms with van der Waals surface area (Å²) < 4.78 is 0. The maximum absolute atomic E-state index is 11.3. The first-order valence-electron chi connectivity index (χ1n) is 7.03. The summed E-state index contributed by atoms with van der Waals surface area (Å²) in [5.41, 5.74) is -0.717. The minimum atomic E-state index is -1.35. The van der Waals surface area contributed by atoms with E-state index in [1.807, 2.05) is 0 Å². The summed E-state index contributed by atoms with van der Waals surface area (Å²) in [5.74, 6) is -2.63. The quantitative estimate of drug-likeness (QED) is 0.453. The van der Waals surface area contributed by atoms with Gasteiger partial charge in [0, 0.05) is 24.4 Å². The second kappa shape index (κ2) is 10.3. The highest BCUT2D eigenvalue weighted by Gasteiger charge is 2.32. The van der Waals surface area contributed by atoms with Gasteiger partial charge in [-0.1, -0.05) is 13.8 Å². The van der Waals surface area contributed by atoms with E-state index in [2.05, 4.69) is 10.3 Å².